The van der Waals surface area contributed by atoms with Gasteiger partial charge in [0.15, 0.2) is 5.11 Å². The molecular formula is C18H22ClN3OS. The number of amides is 1. The third kappa shape index (κ3) is 2.91. The van der Waals surface area contributed by atoms with Gasteiger partial charge in [0.2, 0.25) is 0 Å². The van der Waals surface area contributed by atoms with E-state index in [-0.39, 0.29) is 11.4 Å². The van der Waals surface area contributed by atoms with Crippen LogP contribution in [0.25, 0.3) is 6.08 Å². The van der Waals surface area contributed by atoms with E-state index in [0.717, 1.165) is 18.5 Å². The molecule has 128 valence electrons. The smallest absolute Gasteiger partial charge is 0.273 e. The quantitative estimate of drug-likeness (QED) is 0.619. The van der Waals surface area contributed by atoms with Crippen molar-refractivity contribution in [1.29, 1.82) is 0 Å². The van der Waals surface area contributed by atoms with Crippen molar-refractivity contribution < 1.29 is 4.79 Å². The average Bonchev–Trinajstić information content (AvgIpc) is 2.78. The van der Waals surface area contributed by atoms with Gasteiger partial charge >= 0.3 is 0 Å². The second kappa shape index (κ2) is 6.05. The minimum absolute atomic E-state index is 0.101. The van der Waals surface area contributed by atoms with E-state index in [1.165, 1.54) is 11.3 Å². The lowest BCUT2D eigenvalue weighted by Crippen LogP contribution is -2.48. The number of fused-ring (bicyclic) bond motifs is 1. The van der Waals surface area contributed by atoms with Crippen LogP contribution in [-0.4, -0.2) is 23.1 Å². The van der Waals surface area contributed by atoms with E-state index < -0.39 is 0 Å². The van der Waals surface area contributed by atoms with E-state index in [2.05, 4.69) is 49.3 Å². The zero-order valence-corrected chi connectivity index (χ0v) is 15.9. The first-order valence-electron chi connectivity index (χ1n) is 8.18. The van der Waals surface area contributed by atoms with E-state index in [1.807, 2.05) is 6.07 Å². The topological polar surface area (TPSA) is 44.4 Å². The number of rotatable bonds is 2. The summed E-state index contributed by atoms with van der Waals surface area (Å²) in [6.07, 6.45) is 2.84. The Labute approximate surface area is 153 Å². The van der Waals surface area contributed by atoms with Crippen LogP contribution in [0.2, 0.25) is 5.02 Å². The molecule has 1 unspecified atom stereocenters. The van der Waals surface area contributed by atoms with Gasteiger partial charge in [0.25, 0.3) is 5.91 Å². The predicted molar refractivity (Wildman–Crippen MR) is 103 cm³/mol. The number of hydrogen-bond donors (Lipinski definition) is 2. The molecule has 1 atom stereocenters. The van der Waals surface area contributed by atoms with Crippen molar-refractivity contribution in [2.75, 3.05) is 11.4 Å². The fourth-order valence-electron chi connectivity index (χ4n) is 3.87. The van der Waals surface area contributed by atoms with Gasteiger partial charge in [0, 0.05) is 22.8 Å². The summed E-state index contributed by atoms with van der Waals surface area (Å²) in [5.41, 5.74) is 3.82. The zero-order chi connectivity index (χ0) is 17.6. The lowest BCUT2D eigenvalue weighted by Gasteiger charge is -2.47. The summed E-state index contributed by atoms with van der Waals surface area (Å²) in [5.74, 6) is 0.205. The van der Waals surface area contributed by atoms with Gasteiger partial charge in [-0.1, -0.05) is 18.5 Å². The molecule has 1 saturated heterocycles. The van der Waals surface area contributed by atoms with Gasteiger partial charge in [-0.25, -0.2) is 0 Å². The Bertz CT molecular complexity index is 757. The van der Waals surface area contributed by atoms with Crippen molar-refractivity contribution in [1.82, 2.24) is 10.6 Å². The Hall–Kier alpha value is -1.59. The molecule has 3 rings (SSSR count). The van der Waals surface area contributed by atoms with Crippen LogP contribution in [0.5, 0.6) is 0 Å². The first kappa shape index (κ1) is 17.2. The summed E-state index contributed by atoms with van der Waals surface area (Å²) >= 11 is 11.5. The Balaban J connectivity index is 2.08. The molecule has 2 aliphatic heterocycles. The van der Waals surface area contributed by atoms with Crippen molar-refractivity contribution >= 4 is 46.6 Å². The molecule has 0 spiro atoms. The normalized spacial score (nSPS) is 24.0. The molecule has 4 nitrogen and oxygen atoms in total. The molecule has 2 heterocycles. The summed E-state index contributed by atoms with van der Waals surface area (Å²) in [7, 11) is 0. The summed E-state index contributed by atoms with van der Waals surface area (Å²) < 4.78 is 0. The number of carbonyl (C=O) groups is 1. The first-order chi connectivity index (χ1) is 11.2. The third-order valence-corrected chi connectivity index (χ3v) is 5.37. The Morgan fingerprint density at radius 1 is 1.42 bits per heavy atom. The average molecular weight is 364 g/mol. The molecule has 0 radical (unpaired) electrons. The maximum Gasteiger partial charge on any atom is 0.273 e. The molecule has 1 fully saturated rings. The highest BCUT2D eigenvalue weighted by Gasteiger charge is 2.36. The van der Waals surface area contributed by atoms with Crippen molar-refractivity contribution in [2.24, 2.45) is 0 Å². The number of hydrogen-bond acceptors (Lipinski definition) is 3. The fraction of sp³-hybridized carbons (Fsp3) is 0.444. The van der Waals surface area contributed by atoms with Gasteiger partial charge in [-0.05, 0) is 74.7 Å². The second-order valence-electron chi connectivity index (χ2n) is 7.06. The van der Waals surface area contributed by atoms with Crippen LogP contribution in [0.3, 0.4) is 0 Å². The molecule has 6 heteroatoms. The van der Waals surface area contributed by atoms with Crippen molar-refractivity contribution in [3.63, 3.8) is 0 Å². The zero-order valence-electron chi connectivity index (χ0n) is 14.4. The third-order valence-electron chi connectivity index (χ3n) is 4.84. The van der Waals surface area contributed by atoms with Gasteiger partial charge in [-0.15, -0.1) is 0 Å². The molecule has 1 aromatic carbocycles. The summed E-state index contributed by atoms with van der Waals surface area (Å²) in [6.45, 7) is 9.88. The summed E-state index contributed by atoms with van der Waals surface area (Å²) in [6, 6.07) is 4.12. The number of anilines is 1. The molecule has 1 amide bonds. The van der Waals surface area contributed by atoms with Crippen molar-refractivity contribution in [3.8, 4) is 0 Å². The van der Waals surface area contributed by atoms with Crippen LogP contribution in [0, 0.1) is 0 Å². The van der Waals surface area contributed by atoms with Crippen LogP contribution < -0.4 is 15.5 Å². The minimum Gasteiger partial charge on any atom is -0.366 e. The van der Waals surface area contributed by atoms with Crippen LogP contribution in [-0.2, 0) is 4.79 Å². The van der Waals surface area contributed by atoms with Gasteiger partial charge in [-0.2, -0.15) is 0 Å². The summed E-state index contributed by atoms with van der Waals surface area (Å²) in [5, 5.41) is 6.40. The molecule has 24 heavy (non-hydrogen) atoms. The highest BCUT2D eigenvalue weighted by molar-refractivity contribution is 7.80. The monoisotopic (exact) mass is 363 g/mol. The van der Waals surface area contributed by atoms with Gasteiger partial charge in [0.1, 0.15) is 5.70 Å². The minimum atomic E-state index is -0.224. The predicted octanol–water partition coefficient (Wildman–Crippen LogP) is 3.80. The largest absolute Gasteiger partial charge is 0.366 e. The van der Waals surface area contributed by atoms with E-state index in [9.17, 15) is 4.79 Å². The number of halogens is 1. The molecule has 0 saturated carbocycles. The van der Waals surface area contributed by atoms with Crippen LogP contribution in [0.15, 0.2) is 17.8 Å². The molecule has 0 bridgehead atoms. The number of benzene rings is 1. The second-order valence-corrected chi connectivity index (χ2v) is 7.88. The van der Waals surface area contributed by atoms with Crippen molar-refractivity contribution in [2.45, 2.75) is 45.6 Å². The number of carbonyl (C=O) groups excluding carboxylic acids is 1. The first-order valence-corrected chi connectivity index (χ1v) is 8.96. The summed E-state index contributed by atoms with van der Waals surface area (Å²) in [4.78, 5) is 14.3. The van der Waals surface area contributed by atoms with Crippen LogP contribution >= 0.6 is 23.8 Å². The SMILES string of the molecule is CCN1c2cc(Cl)c(/C=C3\NC(=S)NC3=O)cc2C(C)CC1(C)C. The maximum absolute atomic E-state index is 11.9. The van der Waals surface area contributed by atoms with E-state index in [0.29, 0.717) is 21.8 Å². The molecule has 0 aliphatic carbocycles. The Kier molecular flexibility index (Phi) is 4.34. The molecule has 2 aliphatic rings. The lowest BCUT2D eigenvalue weighted by molar-refractivity contribution is -0.115. The van der Waals surface area contributed by atoms with Crippen LogP contribution in [0.4, 0.5) is 5.69 Å². The van der Waals surface area contributed by atoms with E-state index in [1.54, 1.807) is 6.08 Å². The molecule has 0 aromatic heterocycles. The lowest BCUT2D eigenvalue weighted by atomic mass is 9.79. The molecule has 2 N–H and O–H groups in total. The maximum atomic E-state index is 11.9. The van der Waals surface area contributed by atoms with E-state index >= 15 is 0 Å². The molecule has 1 aromatic rings. The Morgan fingerprint density at radius 3 is 2.71 bits per heavy atom. The van der Waals surface area contributed by atoms with E-state index in [4.69, 9.17) is 23.8 Å². The standard InChI is InChI=1S/C18H22ClN3OS/c1-5-22-15-8-13(19)11(7-14-16(23)21-17(24)20-14)6-12(15)10(2)9-18(22,3)4/h6-8,10H,5,9H2,1-4H3,(H2,20,21,23,24)/b14-7-. The van der Waals surface area contributed by atoms with Gasteiger partial charge < -0.3 is 10.2 Å². The number of thiocarbonyl (C=S) groups is 1. The fourth-order valence-corrected chi connectivity index (χ4v) is 4.28. The van der Waals surface area contributed by atoms with Gasteiger partial charge in [-0.3, -0.25) is 10.1 Å². The highest BCUT2D eigenvalue weighted by Crippen LogP contribution is 2.45. The number of nitrogens with zero attached hydrogens (tertiary/aromatic N) is 1. The van der Waals surface area contributed by atoms with Crippen molar-refractivity contribution in [3.05, 3.63) is 34.0 Å². The van der Waals surface area contributed by atoms with Crippen LogP contribution in [0.1, 0.15) is 51.2 Å². The Morgan fingerprint density at radius 2 is 2.12 bits per heavy atom. The molecular weight excluding hydrogens is 342 g/mol. The van der Waals surface area contributed by atoms with Gasteiger partial charge in [0.05, 0.1) is 0 Å². The highest BCUT2D eigenvalue weighted by atomic mass is 35.5. The number of nitrogens with one attached hydrogen (secondary N) is 2.